The van der Waals surface area contributed by atoms with Gasteiger partial charge in [-0.1, -0.05) is 6.07 Å². The van der Waals surface area contributed by atoms with Crippen molar-refractivity contribution in [3.8, 4) is 0 Å². The second kappa shape index (κ2) is 13.4. The first-order valence-corrected chi connectivity index (χ1v) is 12.6. The molecule has 0 aliphatic carbocycles. The van der Waals surface area contributed by atoms with E-state index in [4.69, 9.17) is 16.6 Å². The normalized spacial score (nSPS) is 13.1. The number of hydrogen-bond acceptors (Lipinski definition) is 10. The Labute approximate surface area is 238 Å². The third kappa shape index (κ3) is 7.88. The molecule has 42 heavy (non-hydrogen) atoms. The summed E-state index contributed by atoms with van der Waals surface area (Å²) in [5.41, 5.74) is 12.9. The minimum absolute atomic E-state index is 0.0172. The number of H-pyrrole nitrogens is 1. The summed E-state index contributed by atoms with van der Waals surface area (Å²) in [7, 11) is 1.79. The minimum atomic E-state index is -1.87. The van der Waals surface area contributed by atoms with Gasteiger partial charge >= 0.3 is 17.9 Å². The van der Waals surface area contributed by atoms with Crippen molar-refractivity contribution in [2.45, 2.75) is 37.9 Å². The number of fused-ring (bicyclic) bond motifs is 1. The summed E-state index contributed by atoms with van der Waals surface area (Å²) in [4.78, 5) is 80.1. The van der Waals surface area contributed by atoms with Gasteiger partial charge in [0.1, 0.15) is 12.0 Å². The Morgan fingerprint density at radius 1 is 1.02 bits per heavy atom. The second-order valence-electron chi connectivity index (χ2n) is 9.64. The molecule has 0 saturated carbocycles. The Kier molecular flexibility index (Phi) is 9.93. The average molecular weight is 583 g/mol. The van der Waals surface area contributed by atoms with Gasteiger partial charge in [-0.25, -0.2) is 9.78 Å². The molecule has 9 N–H and O–H groups in total. The van der Waals surface area contributed by atoms with Crippen LogP contribution in [0.4, 0.5) is 11.6 Å². The predicted octanol–water partition coefficient (Wildman–Crippen LogP) is 0.177. The predicted molar refractivity (Wildman–Crippen MR) is 150 cm³/mol. The van der Waals surface area contributed by atoms with Crippen LogP contribution in [0.1, 0.15) is 35.2 Å². The lowest BCUT2D eigenvalue weighted by molar-refractivity contribution is -0.148. The Morgan fingerprint density at radius 2 is 1.69 bits per heavy atom. The number of aromatic nitrogens is 2. The number of carboxylic acids is 3. The van der Waals surface area contributed by atoms with Crippen molar-refractivity contribution in [3.63, 3.8) is 0 Å². The topological polar surface area (TPSA) is 259 Å². The number of nitrogens with zero attached hydrogens (tertiary/aromatic N) is 2. The standard InChI is InChI=1S/C27H30N6O9/c1-33(12-13-2-8-19-16(10-13)24(38)32-27(29)31-19)15-5-3-14(4-6-15)23(37)30-20(26(41)42)11-17(25(39)40)22(36)18(28)7-9-21(34)35/h2-6,8,10,17-18,20H,7,9,11-12,28H2,1H3,(H,30,37)(H,34,35)(H,39,40)(H,41,42)(H3,29,31,32,38)/t17?,18-,20-/m1/s1. The van der Waals surface area contributed by atoms with Gasteiger partial charge in [-0.3, -0.25) is 29.0 Å². The quantitative estimate of drug-likeness (QED) is 0.125. The molecule has 222 valence electrons. The van der Waals surface area contributed by atoms with Crippen LogP contribution in [0, 0.1) is 5.92 Å². The molecule has 15 heteroatoms. The number of nitrogens with one attached hydrogen (secondary N) is 2. The van der Waals surface area contributed by atoms with E-state index in [-0.39, 0.29) is 23.5 Å². The zero-order valence-electron chi connectivity index (χ0n) is 22.4. The maximum absolute atomic E-state index is 12.8. The Morgan fingerprint density at radius 3 is 2.29 bits per heavy atom. The second-order valence-corrected chi connectivity index (χ2v) is 9.64. The van der Waals surface area contributed by atoms with Gasteiger partial charge in [0.2, 0.25) is 5.95 Å². The maximum atomic E-state index is 12.8. The molecule has 0 saturated heterocycles. The zero-order chi connectivity index (χ0) is 31.1. The summed E-state index contributed by atoms with van der Waals surface area (Å²) >= 11 is 0. The number of carboxylic acid groups (broad SMARTS) is 3. The van der Waals surface area contributed by atoms with Gasteiger partial charge in [0.15, 0.2) is 5.78 Å². The van der Waals surface area contributed by atoms with Crippen molar-refractivity contribution in [2.24, 2.45) is 11.7 Å². The summed E-state index contributed by atoms with van der Waals surface area (Å²) in [6.07, 6.45) is -1.58. The van der Waals surface area contributed by atoms with Crippen molar-refractivity contribution in [3.05, 3.63) is 63.9 Å². The molecule has 0 spiro atoms. The van der Waals surface area contributed by atoms with E-state index >= 15 is 0 Å². The first-order chi connectivity index (χ1) is 19.8. The number of rotatable bonds is 14. The number of hydrogen-bond donors (Lipinski definition) is 7. The maximum Gasteiger partial charge on any atom is 0.326 e. The fraction of sp³-hybridized carbons (Fsp3) is 0.296. The highest BCUT2D eigenvalue weighted by Crippen LogP contribution is 2.19. The number of aliphatic carboxylic acids is 3. The minimum Gasteiger partial charge on any atom is -0.481 e. The first-order valence-electron chi connectivity index (χ1n) is 12.6. The van der Waals surface area contributed by atoms with E-state index in [1.165, 1.54) is 12.1 Å². The number of nitrogen functional groups attached to an aromatic ring is 1. The highest BCUT2D eigenvalue weighted by Gasteiger charge is 2.36. The number of ketones is 1. The van der Waals surface area contributed by atoms with E-state index in [2.05, 4.69) is 15.3 Å². The molecule has 0 aliphatic rings. The van der Waals surface area contributed by atoms with Gasteiger partial charge in [-0.05, 0) is 54.8 Å². The zero-order valence-corrected chi connectivity index (χ0v) is 22.4. The number of benzene rings is 2. The fourth-order valence-electron chi connectivity index (χ4n) is 4.25. The summed E-state index contributed by atoms with van der Waals surface area (Å²) < 4.78 is 0. The summed E-state index contributed by atoms with van der Waals surface area (Å²) in [6, 6.07) is 8.13. The van der Waals surface area contributed by atoms with Crippen LogP contribution in [-0.2, 0) is 25.7 Å². The molecule has 1 amide bonds. The van der Waals surface area contributed by atoms with Gasteiger partial charge in [0, 0.05) is 31.3 Å². The largest absolute Gasteiger partial charge is 0.481 e. The van der Waals surface area contributed by atoms with E-state index in [1.807, 2.05) is 4.90 Å². The Balaban J connectivity index is 1.68. The average Bonchev–Trinajstić information content (AvgIpc) is 2.93. The van der Waals surface area contributed by atoms with Crippen LogP contribution in [0.25, 0.3) is 10.9 Å². The third-order valence-corrected chi connectivity index (χ3v) is 6.53. The fourth-order valence-corrected chi connectivity index (χ4v) is 4.25. The molecule has 1 aromatic heterocycles. The molecule has 15 nitrogen and oxygen atoms in total. The van der Waals surface area contributed by atoms with Gasteiger partial charge in [-0.15, -0.1) is 0 Å². The smallest absolute Gasteiger partial charge is 0.326 e. The van der Waals surface area contributed by atoms with Crippen LogP contribution in [0.3, 0.4) is 0 Å². The number of aromatic amines is 1. The monoisotopic (exact) mass is 582 g/mol. The number of anilines is 2. The Bertz CT molecular complexity index is 1570. The van der Waals surface area contributed by atoms with Crippen molar-refractivity contribution in [1.82, 2.24) is 15.3 Å². The molecule has 0 fully saturated rings. The van der Waals surface area contributed by atoms with Gasteiger partial charge in [0.25, 0.3) is 11.5 Å². The number of nitrogens with two attached hydrogens (primary N) is 2. The van der Waals surface area contributed by atoms with Crippen LogP contribution in [0.15, 0.2) is 47.3 Å². The molecule has 1 unspecified atom stereocenters. The molecule has 0 aliphatic heterocycles. The highest BCUT2D eigenvalue weighted by molar-refractivity contribution is 6.02. The third-order valence-electron chi connectivity index (χ3n) is 6.53. The lowest BCUT2D eigenvalue weighted by Gasteiger charge is -2.21. The lowest BCUT2D eigenvalue weighted by Crippen LogP contribution is -2.47. The van der Waals surface area contributed by atoms with Crippen molar-refractivity contribution in [2.75, 3.05) is 17.7 Å². The van der Waals surface area contributed by atoms with Gasteiger partial charge in [0.05, 0.1) is 16.9 Å². The van der Waals surface area contributed by atoms with Crippen LogP contribution >= 0.6 is 0 Å². The summed E-state index contributed by atoms with van der Waals surface area (Å²) in [5, 5.41) is 30.4. The number of Topliss-reactive ketones (excluding diaryl/α,β-unsaturated/α-hetero) is 1. The van der Waals surface area contributed by atoms with Crippen molar-refractivity contribution >= 4 is 52.1 Å². The molecule has 1 heterocycles. The van der Waals surface area contributed by atoms with E-state index in [1.54, 1.807) is 37.4 Å². The van der Waals surface area contributed by atoms with E-state index < -0.39 is 60.4 Å². The molecule has 2 aromatic carbocycles. The first kappa shape index (κ1) is 31.2. The van der Waals surface area contributed by atoms with Crippen molar-refractivity contribution < 1.29 is 39.3 Å². The van der Waals surface area contributed by atoms with Gasteiger partial charge in [-0.2, -0.15) is 0 Å². The highest BCUT2D eigenvalue weighted by atomic mass is 16.4. The van der Waals surface area contributed by atoms with Crippen LogP contribution < -0.4 is 27.2 Å². The number of carbonyl (C=O) groups excluding carboxylic acids is 2. The number of carbonyl (C=O) groups is 5. The van der Waals surface area contributed by atoms with Crippen LogP contribution in [0.2, 0.25) is 0 Å². The van der Waals surface area contributed by atoms with Crippen LogP contribution in [0.5, 0.6) is 0 Å². The van der Waals surface area contributed by atoms with Gasteiger partial charge < -0.3 is 37.0 Å². The molecule has 3 atom stereocenters. The molecular weight excluding hydrogens is 552 g/mol. The molecule has 3 rings (SSSR count). The van der Waals surface area contributed by atoms with Crippen molar-refractivity contribution in [1.29, 1.82) is 0 Å². The Hall–Kier alpha value is -5.31. The molecule has 3 aromatic rings. The van der Waals surface area contributed by atoms with E-state index in [0.717, 1.165) is 5.56 Å². The molecule has 0 bridgehead atoms. The molecule has 0 radical (unpaired) electrons. The van der Waals surface area contributed by atoms with E-state index in [0.29, 0.717) is 23.1 Å². The number of amides is 1. The summed E-state index contributed by atoms with van der Waals surface area (Å²) in [5.74, 6) is -8.14. The van der Waals surface area contributed by atoms with E-state index in [9.17, 15) is 39.0 Å². The summed E-state index contributed by atoms with van der Waals surface area (Å²) in [6.45, 7) is 0.394. The molecular formula is C27H30N6O9. The lowest BCUT2D eigenvalue weighted by atomic mass is 9.90. The SMILES string of the molecule is CN(Cc1ccc2nc(N)[nH]c(=O)c2c1)c1ccc(C(=O)N[C@H](CC(C(=O)O)C(=O)[C@H](N)CCC(=O)O)C(=O)O)cc1. The van der Waals surface area contributed by atoms with Crippen LogP contribution in [-0.4, -0.2) is 74.0 Å².